The summed E-state index contributed by atoms with van der Waals surface area (Å²) in [5, 5.41) is 0. The zero-order valence-corrected chi connectivity index (χ0v) is 9.36. The van der Waals surface area contributed by atoms with Crippen LogP contribution in [0.1, 0.15) is 11.1 Å². The lowest BCUT2D eigenvalue weighted by atomic mass is 10.0. The van der Waals surface area contributed by atoms with E-state index in [1.807, 2.05) is 6.07 Å². The number of aryl methyl sites for hydroxylation is 2. The Kier molecular flexibility index (Phi) is 3.23. The van der Waals surface area contributed by atoms with Crippen molar-refractivity contribution in [1.82, 2.24) is 4.98 Å². The van der Waals surface area contributed by atoms with E-state index in [0.29, 0.717) is 23.5 Å². The van der Waals surface area contributed by atoms with Crippen LogP contribution in [0.4, 0.5) is 15.9 Å². The number of anilines is 2. The quantitative estimate of drug-likeness (QED) is 0.796. The van der Waals surface area contributed by atoms with Crippen molar-refractivity contribution in [2.45, 2.75) is 12.8 Å². The summed E-state index contributed by atoms with van der Waals surface area (Å²) in [5.74, 6) is 0.229. The average Bonchev–Trinajstić information content (AvgIpc) is 2.28. The van der Waals surface area contributed by atoms with E-state index in [4.69, 9.17) is 11.5 Å². The number of hydrogen-bond acceptors (Lipinski definition) is 3. The Labute approximate surface area is 99.3 Å². The van der Waals surface area contributed by atoms with Crippen molar-refractivity contribution in [3.05, 3.63) is 53.5 Å². The van der Waals surface area contributed by atoms with Crippen molar-refractivity contribution >= 4 is 11.5 Å². The highest BCUT2D eigenvalue weighted by atomic mass is 19.1. The maximum atomic E-state index is 13.5. The van der Waals surface area contributed by atoms with Gasteiger partial charge in [-0.15, -0.1) is 0 Å². The lowest BCUT2D eigenvalue weighted by molar-refractivity contribution is 0.609. The second-order valence-electron chi connectivity index (χ2n) is 3.94. The summed E-state index contributed by atoms with van der Waals surface area (Å²) in [7, 11) is 0. The van der Waals surface area contributed by atoms with Crippen molar-refractivity contribution in [3.63, 3.8) is 0 Å². The Morgan fingerprint density at radius 3 is 2.59 bits per heavy atom. The van der Waals surface area contributed by atoms with E-state index >= 15 is 0 Å². The van der Waals surface area contributed by atoms with Gasteiger partial charge in [-0.2, -0.15) is 0 Å². The van der Waals surface area contributed by atoms with Crippen LogP contribution in [0.15, 0.2) is 36.5 Å². The van der Waals surface area contributed by atoms with Crippen LogP contribution >= 0.6 is 0 Å². The fraction of sp³-hybridized carbons (Fsp3) is 0.154. The lowest BCUT2D eigenvalue weighted by Gasteiger charge is -2.05. The molecule has 17 heavy (non-hydrogen) atoms. The maximum absolute atomic E-state index is 13.5. The van der Waals surface area contributed by atoms with Gasteiger partial charge in [-0.25, -0.2) is 9.37 Å². The standard InChI is InChI=1S/C13H14FN3/c14-12-8-11(15)4-3-10(12)2-1-9-5-6-17-13(16)7-9/h3-8H,1-2,15H2,(H2,16,17). The molecule has 4 heteroatoms. The monoisotopic (exact) mass is 231 g/mol. The van der Waals surface area contributed by atoms with E-state index in [1.165, 1.54) is 6.07 Å². The van der Waals surface area contributed by atoms with Gasteiger partial charge in [-0.1, -0.05) is 6.07 Å². The molecule has 2 rings (SSSR count). The number of benzene rings is 1. The molecule has 3 nitrogen and oxygen atoms in total. The minimum absolute atomic E-state index is 0.257. The normalized spacial score (nSPS) is 10.4. The number of hydrogen-bond donors (Lipinski definition) is 2. The minimum Gasteiger partial charge on any atom is -0.399 e. The molecule has 2 aromatic rings. The highest BCUT2D eigenvalue weighted by Gasteiger charge is 2.03. The Morgan fingerprint density at radius 2 is 1.88 bits per heavy atom. The Morgan fingerprint density at radius 1 is 1.06 bits per heavy atom. The summed E-state index contributed by atoms with van der Waals surface area (Å²) in [5.41, 5.74) is 13.2. The second kappa shape index (κ2) is 4.82. The van der Waals surface area contributed by atoms with Crippen LogP contribution in [0.25, 0.3) is 0 Å². The molecule has 0 atom stereocenters. The summed E-state index contributed by atoms with van der Waals surface area (Å²) in [4.78, 5) is 3.91. The second-order valence-corrected chi connectivity index (χ2v) is 3.94. The number of halogens is 1. The molecule has 0 bridgehead atoms. The van der Waals surface area contributed by atoms with Crippen LogP contribution in [0.2, 0.25) is 0 Å². The van der Waals surface area contributed by atoms with Gasteiger partial charge in [0.1, 0.15) is 11.6 Å². The summed E-state index contributed by atoms with van der Waals surface area (Å²) in [6, 6.07) is 8.45. The van der Waals surface area contributed by atoms with Crippen LogP contribution in [-0.2, 0) is 12.8 Å². The third-order valence-corrected chi connectivity index (χ3v) is 2.61. The topological polar surface area (TPSA) is 64.9 Å². The van der Waals surface area contributed by atoms with Crippen LogP contribution in [0.5, 0.6) is 0 Å². The molecular formula is C13H14FN3. The van der Waals surface area contributed by atoms with Crippen molar-refractivity contribution < 1.29 is 4.39 Å². The highest BCUT2D eigenvalue weighted by Crippen LogP contribution is 2.15. The molecule has 0 aliphatic heterocycles. The van der Waals surface area contributed by atoms with Gasteiger partial charge in [0.15, 0.2) is 0 Å². The van der Waals surface area contributed by atoms with Gasteiger partial charge < -0.3 is 11.5 Å². The molecule has 1 aromatic heterocycles. The van der Waals surface area contributed by atoms with Crippen LogP contribution in [0.3, 0.4) is 0 Å². The zero-order valence-electron chi connectivity index (χ0n) is 9.36. The molecule has 1 aromatic carbocycles. The third kappa shape index (κ3) is 2.93. The molecule has 0 radical (unpaired) electrons. The molecule has 0 amide bonds. The predicted octanol–water partition coefficient (Wildman–Crippen LogP) is 2.17. The summed E-state index contributed by atoms with van der Waals surface area (Å²) in [6.07, 6.45) is 3.01. The maximum Gasteiger partial charge on any atom is 0.128 e. The van der Waals surface area contributed by atoms with Gasteiger partial charge in [0.2, 0.25) is 0 Å². The van der Waals surface area contributed by atoms with Crippen molar-refractivity contribution in [2.24, 2.45) is 0 Å². The SMILES string of the molecule is Nc1ccc(CCc2ccnc(N)c2)c(F)c1. The highest BCUT2D eigenvalue weighted by molar-refractivity contribution is 5.40. The van der Waals surface area contributed by atoms with Gasteiger partial charge in [0.05, 0.1) is 0 Å². The number of nitrogens with two attached hydrogens (primary N) is 2. The van der Waals surface area contributed by atoms with Crippen molar-refractivity contribution in [2.75, 3.05) is 11.5 Å². The van der Waals surface area contributed by atoms with Gasteiger partial charge in [-0.05, 0) is 48.2 Å². The molecule has 88 valence electrons. The van der Waals surface area contributed by atoms with Crippen molar-refractivity contribution in [3.8, 4) is 0 Å². The minimum atomic E-state index is -0.257. The fourth-order valence-electron chi connectivity index (χ4n) is 1.70. The van der Waals surface area contributed by atoms with E-state index < -0.39 is 0 Å². The largest absolute Gasteiger partial charge is 0.399 e. The molecule has 0 aliphatic rings. The first-order valence-electron chi connectivity index (χ1n) is 5.39. The van der Waals surface area contributed by atoms with E-state index in [1.54, 1.807) is 24.4 Å². The summed E-state index contributed by atoms with van der Waals surface area (Å²) < 4.78 is 13.5. The van der Waals surface area contributed by atoms with E-state index in [2.05, 4.69) is 4.98 Å². The number of rotatable bonds is 3. The van der Waals surface area contributed by atoms with Crippen LogP contribution < -0.4 is 11.5 Å². The lowest BCUT2D eigenvalue weighted by Crippen LogP contribution is -1.98. The predicted molar refractivity (Wildman–Crippen MR) is 66.9 cm³/mol. The van der Waals surface area contributed by atoms with Gasteiger partial charge in [0, 0.05) is 11.9 Å². The Balaban J connectivity index is 2.07. The van der Waals surface area contributed by atoms with E-state index in [-0.39, 0.29) is 5.82 Å². The van der Waals surface area contributed by atoms with E-state index in [9.17, 15) is 4.39 Å². The average molecular weight is 231 g/mol. The molecule has 4 N–H and O–H groups in total. The molecule has 0 saturated carbocycles. The fourth-order valence-corrected chi connectivity index (χ4v) is 1.70. The van der Waals surface area contributed by atoms with Crippen LogP contribution in [0, 0.1) is 5.82 Å². The zero-order chi connectivity index (χ0) is 12.3. The Bertz CT molecular complexity index is 526. The molecule has 0 unspecified atom stereocenters. The Hall–Kier alpha value is -2.10. The molecule has 1 heterocycles. The molecule has 0 aliphatic carbocycles. The first kappa shape index (κ1) is 11.4. The number of pyridine rings is 1. The van der Waals surface area contributed by atoms with E-state index in [0.717, 1.165) is 12.0 Å². The molecule has 0 fully saturated rings. The number of nitrogen functional groups attached to an aromatic ring is 2. The summed E-state index contributed by atoms with van der Waals surface area (Å²) >= 11 is 0. The molecule has 0 saturated heterocycles. The van der Waals surface area contributed by atoms with Gasteiger partial charge in [0.25, 0.3) is 0 Å². The third-order valence-electron chi connectivity index (χ3n) is 2.61. The van der Waals surface area contributed by atoms with Gasteiger partial charge in [-0.3, -0.25) is 0 Å². The van der Waals surface area contributed by atoms with Gasteiger partial charge >= 0.3 is 0 Å². The first-order valence-corrected chi connectivity index (χ1v) is 5.39. The summed E-state index contributed by atoms with van der Waals surface area (Å²) in [6.45, 7) is 0. The van der Waals surface area contributed by atoms with Crippen molar-refractivity contribution in [1.29, 1.82) is 0 Å². The number of aromatic nitrogens is 1. The van der Waals surface area contributed by atoms with Crippen LogP contribution in [-0.4, -0.2) is 4.98 Å². The molecule has 0 spiro atoms. The molecular weight excluding hydrogens is 217 g/mol. The first-order chi connectivity index (χ1) is 8.15. The number of nitrogens with zero attached hydrogens (tertiary/aromatic N) is 1. The smallest absolute Gasteiger partial charge is 0.128 e.